The molecule has 2 atom stereocenters. The molecule has 0 bridgehead atoms. The molecule has 1 fully saturated rings. The van der Waals surface area contributed by atoms with Crippen LogP contribution in [0.3, 0.4) is 0 Å². The molecule has 1 aliphatic rings. The number of rotatable bonds is 2. The number of carbonyl (C=O) groups is 2. The van der Waals surface area contributed by atoms with Gasteiger partial charge in [-0.15, -0.1) is 0 Å². The van der Waals surface area contributed by atoms with Crippen LogP contribution in [0.15, 0.2) is 0 Å². The lowest BCUT2D eigenvalue weighted by atomic mass is 10.1. The van der Waals surface area contributed by atoms with E-state index in [1.165, 1.54) is 0 Å². The van der Waals surface area contributed by atoms with Crippen LogP contribution in [0.4, 0.5) is 0 Å². The third kappa shape index (κ3) is 1.91. The van der Waals surface area contributed by atoms with E-state index in [0.29, 0.717) is 6.42 Å². The molecule has 14 heavy (non-hydrogen) atoms. The number of hydrogen-bond donors (Lipinski definition) is 1. The van der Waals surface area contributed by atoms with Crippen LogP contribution >= 0.6 is 0 Å². The molecule has 2 unspecified atom stereocenters. The summed E-state index contributed by atoms with van der Waals surface area (Å²) < 4.78 is 0. The summed E-state index contributed by atoms with van der Waals surface area (Å²) in [6, 6.07) is 1.32. The highest BCUT2D eigenvalue weighted by Crippen LogP contribution is 2.11. The van der Waals surface area contributed by atoms with Crippen molar-refractivity contribution in [3.05, 3.63) is 0 Å². The standard InChI is InChI=1S/C9H13N3O2/c1-3-7(4-10)12-5-8(13)11-9(14)6(12)2/h6-7H,3,5H2,1-2H3,(H,11,13,14). The highest BCUT2D eigenvalue weighted by atomic mass is 16.2. The third-order valence-corrected chi connectivity index (χ3v) is 2.40. The van der Waals surface area contributed by atoms with Gasteiger partial charge in [-0.3, -0.25) is 19.8 Å². The molecule has 1 saturated heterocycles. The van der Waals surface area contributed by atoms with Gasteiger partial charge in [0.05, 0.1) is 24.7 Å². The maximum atomic E-state index is 11.3. The first-order chi connectivity index (χ1) is 6.60. The van der Waals surface area contributed by atoms with Crippen LogP contribution in [0.25, 0.3) is 0 Å². The van der Waals surface area contributed by atoms with E-state index in [9.17, 15) is 9.59 Å². The fourth-order valence-electron chi connectivity index (χ4n) is 1.51. The molecule has 1 N–H and O–H groups in total. The zero-order valence-corrected chi connectivity index (χ0v) is 8.28. The van der Waals surface area contributed by atoms with Crippen LogP contribution in [-0.2, 0) is 9.59 Å². The van der Waals surface area contributed by atoms with Crippen LogP contribution < -0.4 is 5.32 Å². The summed E-state index contributed by atoms with van der Waals surface area (Å²) >= 11 is 0. The number of hydrogen-bond acceptors (Lipinski definition) is 4. The SMILES string of the molecule is CCC(C#N)N1CC(=O)NC(=O)C1C. The van der Waals surface area contributed by atoms with Crippen molar-refractivity contribution < 1.29 is 9.59 Å². The van der Waals surface area contributed by atoms with Crippen LogP contribution in [-0.4, -0.2) is 35.3 Å². The van der Waals surface area contributed by atoms with Gasteiger partial charge >= 0.3 is 0 Å². The normalized spacial score (nSPS) is 25.4. The first-order valence-electron chi connectivity index (χ1n) is 4.59. The van der Waals surface area contributed by atoms with Crippen molar-refractivity contribution >= 4 is 11.8 Å². The Morgan fingerprint density at radius 2 is 2.36 bits per heavy atom. The molecule has 2 amide bonds. The Morgan fingerprint density at radius 3 is 2.86 bits per heavy atom. The van der Waals surface area contributed by atoms with Gasteiger partial charge in [0.2, 0.25) is 11.8 Å². The Morgan fingerprint density at radius 1 is 1.71 bits per heavy atom. The third-order valence-electron chi connectivity index (χ3n) is 2.40. The highest BCUT2D eigenvalue weighted by molar-refractivity contribution is 6.00. The fraction of sp³-hybridized carbons (Fsp3) is 0.667. The quantitative estimate of drug-likeness (QED) is 0.610. The van der Waals surface area contributed by atoms with Gasteiger partial charge < -0.3 is 0 Å². The average molecular weight is 195 g/mol. The van der Waals surface area contributed by atoms with Crippen LogP contribution in [0.1, 0.15) is 20.3 Å². The van der Waals surface area contributed by atoms with E-state index >= 15 is 0 Å². The zero-order chi connectivity index (χ0) is 10.7. The van der Waals surface area contributed by atoms with Gasteiger partial charge in [0, 0.05) is 0 Å². The van der Waals surface area contributed by atoms with Crippen molar-refractivity contribution in [2.45, 2.75) is 32.4 Å². The summed E-state index contributed by atoms with van der Waals surface area (Å²) in [7, 11) is 0. The lowest BCUT2D eigenvalue weighted by Gasteiger charge is -2.34. The van der Waals surface area contributed by atoms with Gasteiger partial charge in [0.1, 0.15) is 0 Å². The Hall–Kier alpha value is -1.41. The molecular weight excluding hydrogens is 182 g/mol. The van der Waals surface area contributed by atoms with Crippen LogP contribution in [0, 0.1) is 11.3 Å². The Labute approximate surface area is 82.7 Å². The number of nitrogens with zero attached hydrogens (tertiary/aromatic N) is 2. The Balaban J connectivity index is 2.81. The van der Waals surface area contributed by atoms with Crippen molar-refractivity contribution in [3.8, 4) is 6.07 Å². The van der Waals surface area contributed by atoms with E-state index in [1.54, 1.807) is 11.8 Å². The minimum absolute atomic E-state index is 0.124. The van der Waals surface area contributed by atoms with Gasteiger partial charge in [-0.1, -0.05) is 6.92 Å². The first-order valence-corrected chi connectivity index (χ1v) is 4.59. The number of imide groups is 1. The lowest BCUT2D eigenvalue weighted by Crippen LogP contribution is -2.59. The molecule has 0 radical (unpaired) electrons. The fourth-order valence-corrected chi connectivity index (χ4v) is 1.51. The Kier molecular flexibility index (Phi) is 3.20. The average Bonchev–Trinajstić information content (AvgIpc) is 2.15. The van der Waals surface area contributed by atoms with E-state index in [2.05, 4.69) is 11.4 Å². The van der Waals surface area contributed by atoms with E-state index in [1.807, 2.05) is 6.92 Å². The van der Waals surface area contributed by atoms with Gasteiger partial charge in [-0.05, 0) is 13.3 Å². The zero-order valence-electron chi connectivity index (χ0n) is 8.28. The number of amides is 2. The van der Waals surface area contributed by atoms with E-state index in [0.717, 1.165) is 0 Å². The molecule has 1 heterocycles. The molecule has 0 aromatic rings. The second kappa shape index (κ2) is 4.20. The molecule has 1 rings (SSSR count). The molecule has 5 nitrogen and oxygen atoms in total. The molecule has 76 valence electrons. The maximum Gasteiger partial charge on any atom is 0.243 e. The van der Waals surface area contributed by atoms with Crippen molar-refractivity contribution in [2.75, 3.05) is 6.54 Å². The molecule has 0 saturated carbocycles. The summed E-state index contributed by atoms with van der Waals surface area (Å²) in [6.45, 7) is 3.68. The lowest BCUT2D eigenvalue weighted by molar-refractivity contribution is -0.140. The molecule has 1 aliphatic heterocycles. The smallest absolute Gasteiger partial charge is 0.243 e. The van der Waals surface area contributed by atoms with Crippen molar-refractivity contribution in [1.29, 1.82) is 5.26 Å². The van der Waals surface area contributed by atoms with Gasteiger partial charge in [-0.25, -0.2) is 0 Å². The second-order valence-corrected chi connectivity index (χ2v) is 3.31. The molecule has 0 aliphatic carbocycles. The van der Waals surface area contributed by atoms with Crippen molar-refractivity contribution in [3.63, 3.8) is 0 Å². The number of piperazine rings is 1. The summed E-state index contributed by atoms with van der Waals surface area (Å²) in [5.41, 5.74) is 0. The summed E-state index contributed by atoms with van der Waals surface area (Å²) in [4.78, 5) is 24.0. The Bertz CT molecular complexity index is 295. The van der Waals surface area contributed by atoms with Crippen LogP contribution in [0.5, 0.6) is 0 Å². The van der Waals surface area contributed by atoms with Crippen LogP contribution in [0.2, 0.25) is 0 Å². The van der Waals surface area contributed by atoms with Gasteiger partial charge in [0.15, 0.2) is 0 Å². The van der Waals surface area contributed by atoms with E-state index < -0.39 is 6.04 Å². The maximum absolute atomic E-state index is 11.3. The summed E-state index contributed by atoms with van der Waals surface area (Å²) in [5, 5.41) is 11.1. The number of nitrogens with one attached hydrogen (secondary N) is 1. The van der Waals surface area contributed by atoms with Gasteiger partial charge in [0.25, 0.3) is 0 Å². The molecular formula is C9H13N3O2. The van der Waals surface area contributed by atoms with E-state index in [-0.39, 0.29) is 24.4 Å². The molecule has 5 heteroatoms. The largest absolute Gasteiger partial charge is 0.294 e. The first kappa shape index (κ1) is 10.7. The molecule has 0 aromatic heterocycles. The number of carbonyl (C=O) groups excluding carboxylic acids is 2. The van der Waals surface area contributed by atoms with E-state index in [4.69, 9.17) is 5.26 Å². The van der Waals surface area contributed by atoms with Crippen molar-refractivity contribution in [2.24, 2.45) is 0 Å². The predicted octanol–water partition coefficient (Wildman–Crippen LogP) is -0.365. The minimum atomic E-state index is -0.405. The predicted molar refractivity (Wildman–Crippen MR) is 49.0 cm³/mol. The highest BCUT2D eigenvalue weighted by Gasteiger charge is 2.34. The monoisotopic (exact) mass is 195 g/mol. The molecule has 0 spiro atoms. The van der Waals surface area contributed by atoms with Crippen molar-refractivity contribution in [1.82, 2.24) is 10.2 Å². The summed E-state index contributed by atoms with van der Waals surface area (Å²) in [6.07, 6.45) is 0.612. The molecule has 0 aromatic carbocycles. The van der Waals surface area contributed by atoms with Gasteiger partial charge in [-0.2, -0.15) is 5.26 Å². The summed E-state index contributed by atoms with van der Waals surface area (Å²) in [5.74, 6) is -0.656. The second-order valence-electron chi connectivity index (χ2n) is 3.31. The number of nitriles is 1. The minimum Gasteiger partial charge on any atom is -0.294 e. The topological polar surface area (TPSA) is 73.2 Å².